The zero-order chi connectivity index (χ0) is 13.4. The molecule has 1 saturated heterocycles. The van der Waals surface area contributed by atoms with Crippen LogP contribution in [0.4, 0.5) is 5.69 Å². The number of anilines is 1. The zero-order valence-corrected chi connectivity index (χ0v) is 11.1. The van der Waals surface area contributed by atoms with Crippen molar-refractivity contribution < 1.29 is 9.59 Å². The molecule has 1 aromatic carbocycles. The molecule has 1 aliphatic rings. The minimum Gasteiger partial charge on any atom is -0.398 e. The molecular weight excluding hydrogens is 252 g/mol. The number of benzene rings is 1. The van der Waals surface area contributed by atoms with Gasteiger partial charge < -0.3 is 5.73 Å². The third kappa shape index (κ3) is 2.08. The second-order valence-electron chi connectivity index (χ2n) is 4.68. The monoisotopic (exact) mass is 266 g/mol. The van der Waals surface area contributed by atoms with Crippen LogP contribution < -0.4 is 5.73 Å². The van der Waals surface area contributed by atoms with E-state index in [-0.39, 0.29) is 30.2 Å². The Morgan fingerprint density at radius 3 is 2.33 bits per heavy atom. The molecule has 2 N–H and O–H groups in total. The van der Waals surface area contributed by atoms with Crippen LogP contribution in [0, 0.1) is 11.8 Å². The lowest BCUT2D eigenvalue weighted by atomic mass is 10.00. The number of likely N-dealkylation sites (tertiary alicyclic amines) is 1. The summed E-state index contributed by atoms with van der Waals surface area (Å²) < 4.78 is 0. The van der Waals surface area contributed by atoms with Gasteiger partial charge in [-0.1, -0.05) is 25.4 Å². The summed E-state index contributed by atoms with van der Waals surface area (Å²) in [5.74, 6) is -0.824. The largest absolute Gasteiger partial charge is 0.398 e. The standard InChI is InChI=1S/C13H15ClN2O2/c1-7-8(2)13(18)16(12(7)17)6-9-5-10(14)3-4-11(9)15/h3-5,7-8H,6,15H2,1-2H3. The van der Waals surface area contributed by atoms with Gasteiger partial charge >= 0.3 is 0 Å². The Balaban J connectivity index is 2.27. The van der Waals surface area contributed by atoms with E-state index >= 15 is 0 Å². The summed E-state index contributed by atoms with van der Waals surface area (Å²) in [5.41, 5.74) is 7.05. The highest BCUT2D eigenvalue weighted by molar-refractivity contribution is 6.30. The average molecular weight is 267 g/mol. The highest BCUT2D eigenvalue weighted by atomic mass is 35.5. The van der Waals surface area contributed by atoms with Crippen molar-refractivity contribution in [1.29, 1.82) is 0 Å². The number of carbonyl (C=O) groups excluding carboxylic acids is 2. The van der Waals surface area contributed by atoms with Crippen LogP contribution in [0.3, 0.4) is 0 Å². The number of carbonyl (C=O) groups is 2. The summed E-state index contributed by atoms with van der Waals surface area (Å²) >= 11 is 5.89. The van der Waals surface area contributed by atoms with Crippen molar-refractivity contribution >= 4 is 29.1 Å². The minimum absolute atomic E-state index is 0.146. The fourth-order valence-electron chi connectivity index (χ4n) is 2.07. The van der Waals surface area contributed by atoms with Crippen LogP contribution in [0.1, 0.15) is 19.4 Å². The molecule has 0 radical (unpaired) electrons. The molecule has 0 aliphatic carbocycles. The summed E-state index contributed by atoms with van der Waals surface area (Å²) in [6, 6.07) is 5.04. The Kier molecular flexibility index (Phi) is 3.30. The van der Waals surface area contributed by atoms with Crippen molar-refractivity contribution in [3.05, 3.63) is 28.8 Å². The van der Waals surface area contributed by atoms with Gasteiger partial charge in [0.05, 0.1) is 6.54 Å². The molecular formula is C13H15ClN2O2. The Bertz CT molecular complexity index is 496. The van der Waals surface area contributed by atoms with Gasteiger partial charge in [0.1, 0.15) is 0 Å². The first-order valence-corrected chi connectivity index (χ1v) is 6.18. The van der Waals surface area contributed by atoms with Gasteiger partial charge in [0.25, 0.3) is 0 Å². The molecule has 2 unspecified atom stereocenters. The van der Waals surface area contributed by atoms with Crippen LogP contribution >= 0.6 is 11.6 Å². The average Bonchev–Trinajstić information content (AvgIpc) is 2.51. The van der Waals surface area contributed by atoms with E-state index in [2.05, 4.69) is 0 Å². The van der Waals surface area contributed by atoms with E-state index in [4.69, 9.17) is 17.3 Å². The van der Waals surface area contributed by atoms with Gasteiger partial charge in [0, 0.05) is 22.5 Å². The number of hydrogen-bond acceptors (Lipinski definition) is 3. The molecule has 5 heteroatoms. The van der Waals surface area contributed by atoms with Gasteiger partial charge in [-0.15, -0.1) is 0 Å². The Morgan fingerprint density at radius 1 is 1.22 bits per heavy atom. The first-order chi connectivity index (χ1) is 8.41. The quantitative estimate of drug-likeness (QED) is 0.658. The van der Waals surface area contributed by atoms with E-state index in [1.165, 1.54) is 4.90 Å². The highest BCUT2D eigenvalue weighted by Gasteiger charge is 2.42. The van der Waals surface area contributed by atoms with Crippen molar-refractivity contribution in [2.75, 3.05) is 5.73 Å². The Hall–Kier alpha value is -1.55. The van der Waals surface area contributed by atoms with Gasteiger partial charge in [-0.2, -0.15) is 0 Å². The molecule has 96 valence electrons. The summed E-state index contributed by atoms with van der Waals surface area (Å²) in [6.07, 6.45) is 0. The highest BCUT2D eigenvalue weighted by Crippen LogP contribution is 2.28. The number of rotatable bonds is 2. The van der Waals surface area contributed by atoms with Gasteiger partial charge in [0.15, 0.2) is 0 Å². The van der Waals surface area contributed by atoms with Gasteiger partial charge in [-0.3, -0.25) is 14.5 Å². The van der Waals surface area contributed by atoms with Crippen LogP contribution in [0.5, 0.6) is 0 Å². The SMILES string of the molecule is CC1C(=O)N(Cc2cc(Cl)ccc2N)C(=O)C1C. The van der Waals surface area contributed by atoms with E-state index in [9.17, 15) is 9.59 Å². The van der Waals surface area contributed by atoms with E-state index < -0.39 is 0 Å². The van der Waals surface area contributed by atoms with E-state index in [0.717, 1.165) is 0 Å². The van der Waals surface area contributed by atoms with Crippen LogP contribution in [0.25, 0.3) is 0 Å². The van der Waals surface area contributed by atoms with Crippen molar-refractivity contribution in [2.45, 2.75) is 20.4 Å². The topological polar surface area (TPSA) is 63.4 Å². The van der Waals surface area contributed by atoms with Crippen LogP contribution in [0.2, 0.25) is 5.02 Å². The predicted molar refractivity (Wildman–Crippen MR) is 69.7 cm³/mol. The second-order valence-corrected chi connectivity index (χ2v) is 5.12. The minimum atomic E-state index is -0.266. The predicted octanol–water partition coefficient (Wildman–Crippen LogP) is 2.06. The van der Waals surface area contributed by atoms with Crippen LogP contribution in [0.15, 0.2) is 18.2 Å². The first kappa shape index (κ1) is 12.9. The van der Waals surface area contributed by atoms with Crippen molar-refractivity contribution in [1.82, 2.24) is 4.90 Å². The molecule has 2 amide bonds. The van der Waals surface area contributed by atoms with E-state index in [0.29, 0.717) is 16.3 Å². The zero-order valence-electron chi connectivity index (χ0n) is 10.3. The molecule has 4 nitrogen and oxygen atoms in total. The summed E-state index contributed by atoms with van der Waals surface area (Å²) in [6.45, 7) is 3.73. The molecule has 1 aliphatic heterocycles. The lowest BCUT2D eigenvalue weighted by molar-refractivity contribution is -0.140. The first-order valence-electron chi connectivity index (χ1n) is 5.81. The van der Waals surface area contributed by atoms with Crippen LogP contribution in [-0.2, 0) is 16.1 Å². The molecule has 1 aromatic rings. The second kappa shape index (κ2) is 4.61. The normalized spacial score (nSPS) is 23.8. The number of nitrogen functional groups attached to an aromatic ring is 1. The third-order valence-electron chi connectivity index (χ3n) is 3.49. The summed E-state index contributed by atoms with van der Waals surface area (Å²) in [7, 11) is 0. The fraction of sp³-hybridized carbons (Fsp3) is 0.385. The lowest BCUT2D eigenvalue weighted by Crippen LogP contribution is -2.30. The Morgan fingerprint density at radius 2 is 1.78 bits per heavy atom. The molecule has 1 heterocycles. The number of nitrogens with zero attached hydrogens (tertiary/aromatic N) is 1. The molecule has 2 atom stereocenters. The van der Waals surface area contributed by atoms with E-state index in [1.807, 2.05) is 0 Å². The molecule has 1 fully saturated rings. The summed E-state index contributed by atoms with van der Waals surface area (Å²) in [5, 5.41) is 0.541. The molecule has 0 aromatic heterocycles. The lowest BCUT2D eigenvalue weighted by Gasteiger charge is -2.16. The van der Waals surface area contributed by atoms with Crippen LogP contribution in [-0.4, -0.2) is 16.7 Å². The number of halogens is 1. The maximum atomic E-state index is 12.0. The van der Waals surface area contributed by atoms with Crippen molar-refractivity contribution in [3.8, 4) is 0 Å². The van der Waals surface area contributed by atoms with Crippen molar-refractivity contribution in [3.63, 3.8) is 0 Å². The number of nitrogens with two attached hydrogens (primary N) is 1. The number of hydrogen-bond donors (Lipinski definition) is 1. The molecule has 18 heavy (non-hydrogen) atoms. The van der Waals surface area contributed by atoms with Crippen molar-refractivity contribution in [2.24, 2.45) is 11.8 Å². The summed E-state index contributed by atoms with van der Waals surface area (Å²) in [4.78, 5) is 25.2. The maximum absolute atomic E-state index is 12.0. The molecule has 0 bridgehead atoms. The number of amides is 2. The third-order valence-corrected chi connectivity index (χ3v) is 3.73. The molecule has 0 saturated carbocycles. The maximum Gasteiger partial charge on any atom is 0.233 e. The number of imide groups is 1. The fourth-order valence-corrected chi connectivity index (χ4v) is 2.26. The Labute approximate surface area is 111 Å². The van der Waals surface area contributed by atoms with E-state index in [1.54, 1.807) is 32.0 Å². The molecule has 0 spiro atoms. The smallest absolute Gasteiger partial charge is 0.233 e. The van der Waals surface area contributed by atoms with Gasteiger partial charge in [-0.25, -0.2) is 0 Å². The molecule has 2 rings (SSSR count). The van der Waals surface area contributed by atoms with Gasteiger partial charge in [0.2, 0.25) is 11.8 Å². The van der Waals surface area contributed by atoms with Gasteiger partial charge in [-0.05, 0) is 23.8 Å².